The van der Waals surface area contributed by atoms with Gasteiger partial charge in [0.25, 0.3) is 5.56 Å². The number of pyridine rings is 1. The van der Waals surface area contributed by atoms with Crippen molar-refractivity contribution in [1.29, 1.82) is 0 Å². The predicted octanol–water partition coefficient (Wildman–Crippen LogP) is 2.60. The van der Waals surface area contributed by atoms with E-state index >= 15 is 0 Å². The maximum absolute atomic E-state index is 11.9. The van der Waals surface area contributed by atoms with Gasteiger partial charge >= 0.3 is 0 Å². The van der Waals surface area contributed by atoms with Crippen molar-refractivity contribution in [2.24, 2.45) is 4.99 Å². The van der Waals surface area contributed by atoms with E-state index in [1.807, 2.05) is 23.6 Å². The Morgan fingerprint density at radius 3 is 2.59 bits per heavy atom. The number of nitrogens with one attached hydrogen (secondary N) is 2. The van der Waals surface area contributed by atoms with Gasteiger partial charge in [-0.25, -0.2) is 0 Å². The zero-order chi connectivity index (χ0) is 18.6. The van der Waals surface area contributed by atoms with Gasteiger partial charge in [0, 0.05) is 44.5 Å². The number of hydrogen-bond acceptors (Lipinski definition) is 3. The first-order valence-corrected chi connectivity index (χ1v) is 10.1. The van der Waals surface area contributed by atoms with Gasteiger partial charge in [0.2, 0.25) is 0 Å². The highest BCUT2D eigenvalue weighted by Crippen LogP contribution is 2.07. The average molecular weight is 489 g/mol. The summed E-state index contributed by atoms with van der Waals surface area (Å²) in [6, 6.07) is 5.42. The zero-order valence-electron chi connectivity index (χ0n) is 16.9. The number of halogens is 1. The van der Waals surface area contributed by atoms with Crippen molar-refractivity contribution >= 4 is 29.9 Å². The number of aromatic nitrogens is 1. The smallest absolute Gasteiger partial charge is 0.250 e. The van der Waals surface area contributed by atoms with E-state index in [0.29, 0.717) is 0 Å². The minimum absolute atomic E-state index is 0. The number of nitrogens with zero attached hydrogens (tertiary/aromatic N) is 3. The Morgan fingerprint density at radius 2 is 1.89 bits per heavy atom. The maximum Gasteiger partial charge on any atom is 0.250 e. The van der Waals surface area contributed by atoms with Crippen molar-refractivity contribution in [2.45, 2.75) is 52.5 Å². The minimum Gasteiger partial charge on any atom is -0.357 e. The van der Waals surface area contributed by atoms with Crippen molar-refractivity contribution < 1.29 is 0 Å². The third-order valence-corrected chi connectivity index (χ3v) is 4.84. The molecular formula is C20H36IN5O. The van der Waals surface area contributed by atoms with E-state index in [0.717, 1.165) is 57.2 Å². The summed E-state index contributed by atoms with van der Waals surface area (Å²) >= 11 is 0. The van der Waals surface area contributed by atoms with Crippen LogP contribution in [0.15, 0.2) is 28.0 Å². The molecule has 0 radical (unpaired) electrons. The Balaban J connectivity index is 0.00000364. The van der Waals surface area contributed by atoms with Gasteiger partial charge in [0.05, 0.1) is 0 Å². The van der Waals surface area contributed by atoms with Gasteiger partial charge in [-0.1, -0.05) is 12.5 Å². The molecule has 0 atom stereocenters. The molecule has 27 heavy (non-hydrogen) atoms. The van der Waals surface area contributed by atoms with Crippen molar-refractivity contribution in [3.63, 3.8) is 0 Å². The molecule has 1 aliphatic rings. The number of unbranched alkanes of at least 4 members (excludes halogenated alkanes) is 1. The molecule has 2 heterocycles. The lowest BCUT2D eigenvalue weighted by Gasteiger charge is -2.26. The van der Waals surface area contributed by atoms with E-state index in [1.54, 1.807) is 6.07 Å². The highest BCUT2D eigenvalue weighted by molar-refractivity contribution is 14.0. The summed E-state index contributed by atoms with van der Waals surface area (Å²) in [6.07, 6.45) is 5.98. The molecule has 6 nitrogen and oxygen atoms in total. The molecule has 0 aliphatic carbocycles. The molecule has 0 spiro atoms. The first-order valence-electron chi connectivity index (χ1n) is 10.1. The fraction of sp³-hybridized carbons (Fsp3) is 0.700. The van der Waals surface area contributed by atoms with Gasteiger partial charge < -0.3 is 20.1 Å². The third-order valence-electron chi connectivity index (χ3n) is 4.84. The number of rotatable bonds is 9. The third kappa shape index (κ3) is 9.10. The maximum atomic E-state index is 11.9. The Bertz CT molecular complexity index is 611. The van der Waals surface area contributed by atoms with E-state index in [9.17, 15) is 4.79 Å². The molecule has 2 N–H and O–H groups in total. The average Bonchev–Trinajstić information content (AvgIpc) is 2.64. The van der Waals surface area contributed by atoms with E-state index < -0.39 is 0 Å². The topological polar surface area (TPSA) is 61.7 Å². The molecule has 1 aromatic heterocycles. The quantitative estimate of drug-likeness (QED) is 0.242. The minimum atomic E-state index is 0. The summed E-state index contributed by atoms with van der Waals surface area (Å²) in [4.78, 5) is 19.0. The van der Waals surface area contributed by atoms with Gasteiger partial charge in [-0.15, -0.1) is 24.0 Å². The molecule has 0 bridgehead atoms. The summed E-state index contributed by atoms with van der Waals surface area (Å²) in [6.45, 7) is 11.0. The number of aryl methyl sites for hydroxylation is 1. The number of hydrogen-bond donors (Lipinski definition) is 2. The fourth-order valence-electron chi connectivity index (χ4n) is 3.34. The van der Waals surface area contributed by atoms with Gasteiger partial charge in [-0.05, 0) is 58.7 Å². The first-order chi connectivity index (χ1) is 12.7. The molecule has 7 heteroatoms. The number of piperidine rings is 1. The lowest BCUT2D eigenvalue weighted by atomic mass is 10.1. The molecule has 0 unspecified atom stereocenters. The van der Waals surface area contributed by atoms with Crippen LogP contribution in [0.5, 0.6) is 0 Å². The second-order valence-corrected chi connectivity index (χ2v) is 6.95. The Morgan fingerprint density at radius 1 is 1.11 bits per heavy atom. The Hall–Kier alpha value is -1.09. The van der Waals surface area contributed by atoms with Gasteiger partial charge in [-0.2, -0.15) is 0 Å². The predicted molar refractivity (Wildman–Crippen MR) is 124 cm³/mol. The second kappa shape index (κ2) is 14.0. The van der Waals surface area contributed by atoms with Crippen molar-refractivity contribution in [2.75, 3.05) is 39.3 Å². The number of aliphatic imine (C=N–C) groups is 1. The summed E-state index contributed by atoms with van der Waals surface area (Å²) in [5.74, 6) is 0.901. The highest BCUT2D eigenvalue weighted by atomic mass is 127. The fourth-order valence-corrected chi connectivity index (χ4v) is 3.34. The van der Waals surface area contributed by atoms with E-state index in [1.165, 1.54) is 32.4 Å². The van der Waals surface area contributed by atoms with Crippen LogP contribution in [0.1, 0.15) is 44.7 Å². The lowest BCUT2D eigenvalue weighted by molar-refractivity contribution is 0.232. The van der Waals surface area contributed by atoms with E-state index in [4.69, 9.17) is 0 Å². The van der Waals surface area contributed by atoms with Crippen LogP contribution in [0.4, 0.5) is 0 Å². The molecular weight excluding hydrogens is 453 g/mol. The van der Waals surface area contributed by atoms with Crippen LogP contribution in [0.25, 0.3) is 0 Å². The lowest BCUT2D eigenvalue weighted by Crippen LogP contribution is -2.42. The standard InChI is InChI=1S/C20H35N5O.HI/c1-3-21-20(23-13-17-24-14-6-4-7-15-24)22-12-5-8-16-25-18(2)10-9-11-19(25)26;/h9-11H,3-8,12-17H2,1-2H3,(H2,21,22,23);1H. The summed E-state index contributed by atoms with van der Waals surface area (Å²) in [5, 5.41) is 6.75. The molecule has 1 aromatic rings. The SMILES string of the molecule is CCNC(=NCCCCn1c(C)cccc1=O)NCCN1CCCCC1.I. The molecule has 2 rings (SSSR count). The Labute approximate surface area is 180 Å². The molecule has 1 aliphatic heterocycles. The van der Waals surface area contributed by atoms with Crippen LogP contribution in [0, 0.1) is 6.92 Å². The summed E-state index contributed by atoms with van der Waals surface area (Å²) in [7, 11) is 0. The largest absolute Gasteiger partial charge is 0.357 e. The van der Waals surface area contributed by atoms with Crippen LogP contribution >= 0.6 is 24.0 Å². The van der Waals surface area contributed by atoms with Crippen LogP contribution in [0.2, 0.25) is 0 Å². The van der Waals surface area contributed by atoms with Crippen LogP contribution < -0.4 is 16.2 Å². The molecule has 0 aromatic carbocycles. The Kier molecular flexibility index (Phi) is 12.4. The van der Waals surface area contributed by atoms with Crippen molar-refractivity contribution in [1.82, 2.24) is 20.1 Å². The van der Waals surface area contributed by atoms with Crippen molar-refractivity contribution in [3.05, 3.63) is 34.2 Å². The number of guanidine groups is 1. The van der Waals surface area contributed by atoms with E-state index in [2.05, 4.69) is 27.4 Å². The normalized spacial score (nSPS) is 15.3. The molecule has 1 fully saturated rings. The highest BCUT2D eigenvalue weighted by Gasteiger charge is 2.09. The molecule has 1 saturated heterocycles. The molecule has 0 saturated carbocycles. The van der Waals surface area contributed by atoms with Crippen LogP contribution in [-0.2, 0) is 6.54 Å². The number of likely N-dealkylation sites (tertiary alicyclic amines) is 1. The van der Waals surface area contributed by atoms with Crippen LogP contribution in [0.3, 0.4) is 0 Å². The van der Waals surface area contributed by atoms with Gasteiger partial charge in [0.1, 0.15) is 0 Å². The van der Waals surface area contributed by atoms with Crippen LogP contribution in [-0.4, -0.2) is 54.7 Å². The van der Waals surface area contributed by atoms with E-state index in [-0.39, 0.29) is 29.5 Å². The van der Waals surface area contributed by atoms with Gasteiger partial charge in [-0.3, -0.25) is 9.79 Å². The first kappa shape index (κ1) is 23.9. The summed E-state index contributed by atoms with van der Waals surface area (Å²) < 4.78 is 1.84. The monoisotopic (exact) mass is 489 g/mol. The summed E-state index contributed by atoms with van der Waals surface area (Å²) in [5.41, 5.74) is 1.11. The molecule has 154 valence electrons. The molecule has 0 amide bonds. The second-order valence-electron chi connectivity index (χ2n) is 6.95. The zero-order valence-corrected chi connectivity index (χ0v) is 19.2. The van der Waals surface area contributed by atoms with Gasteiger partial charge in [0.15, 0.2) is 5.96 Å². The van der Waals surface area contributed by atoms with Crippen molar-refractivity contribution in [3.8, 4) is 0 Å².